The number of amidine groups is 1. The van der Waals surface area contributed by atoms with Crippen molar-refractivity contribution in [1.82, 2.24) is 4.90 Å². The summed E-state index contributed by atoms with van der Waals surface area (Å²) >= 11 is 3.52. The summed E-state index contributed by atoms with van der Waals surface area (Å²) in [7, 11) is 0. The predicted octanol–water partition coefficient (Wildman–Crippen LogP) is 5.07. The molecule has 0 saturated carbocycles. The Bertz CT molecular complexity index is 295. The van der Waals surface area contributed by atoms with E-state index in [0.29, 0.717) is 0 Å². The minimum absolute atomic E-state index is 0.158. The molecule has 0 aromatic carbocycles. The molecule has 1 aliphatic rings. The van der Waals surface area contributed by atoms with E-state index >= 15 is 0 Å². The lowest BCUT2D eigenvalue weighted by Crippen LogP contribution is -2.36. The molecule has 2 atom stereocenters. The standard InChI is InChI=1S/C17H33BrN2O/c1-3-4-5-6-7-8-9-10-11-12-13-17-19-16(18)14-20(17)15(2)21/h15-16,21H,3-14H2,1-2H3. The van der Waals surface area contributed by atoms with Gasteiger partial charge in [-0.15, -0.1) is 0 Å². The highest BCUT2D eigenvalue weighted by molar-refractivity contribution is 9.09. The Balaban J connectivity index is 1.98. The quantitative estimate of drug-likeness (QED) is 0.299. The van der Waals surface area contributed by atoms with Gasteiger partial charge >= 0.3 is 0 Å². The first-order chi connectivity index (χ1) is 10.1. The van der Waals surface area contributed by atoms with Crippen molar-refractivity contribution in [2.45, 2.75) is 95.7 Å². The fourth-order valence-corrected chi connectivity index (χ4v) is 3.44. The highest BCUT2D eigenvalue weighted by Crippen LogP contribution is 2.20. The molecular weight excluding hydrogens is 328 g/mol. The molecule has 2 unspecified atom stereocenters. The van der Waals surface area contributed by atoms with Gasteiger partial charge in [-0.1, -0.05) is 80.6 Å². The molecule has 1 aliphatic heterocycles. The number of unbranched alkanes of at least 4 members (excludes halogenated alkanes) is 9. The van der Waals surface area contributed by atoms with E-state index in [9.17, 15) is 5.11 Å². The van der Waals surface area contributed by atoms with E-state index in [1.807, 2.05) is 11.8 Å². The first-order valence-corrected chi connectivity index (χ1v) is 9.72. The number of aliphatic hydroxyl groups excluding tert-OH is 1. The number of aliphatic hydroxyl groups is 1. The molecule has 0 saturated heterocycles. The van der Waals surface area contributed by atoms with E-state index in [4.69, 9.17) is 0 Å². The first-order valence-electron chi connectivity index (χ1n) is 8.80. The van der Waals surface area contributed by atoms with Crippen LogP contribution in [0.15, 0.2) is 4.99 Å². The van der Waals surface area contributed by atoms with E-state index < -0.39 is 6.23 Å². The molecule has 21 heavy (non-hydrogen) atoms. The summed E-state index contributed by atoms with van der Waals surface area (Å²) in [6.45, 7) is 4.88. The molecule has 0 radical (unpaired) electrons. The van der Waals surface area contributed by atoms with E-state index in [1.165, 1.54) is 64.2 Å². The van der Waals surface area contributed by atoms with Gasteiger partial charge in [0.25, 0.3) is 0 Å². The summed E-state index contributed by atoms with van der Waals surface area (Å²) in [5.41, 5.74) is 0. The van der Waals surface area contributed by atoms with Crippen LogP contribution in [0.4, 0.5) is 0 Å². The average Bonchev–Trinajstić information content (AvgIpc) is 2.82. The van der Waals surface area contributed by atoms with Gasteiger partial charge in [0.1, 0.15) is 17.0 Å². The minimum Gasteiger partial charge on any atom is -0.374 e. The molecule has 1 N–H and O–H groups in total. The second kappa shape index (κ2) is 11.5. The number of aliphatic imine (C=N–C) groups is 1. The van der Waals surface area contributed by atoms with Crippen LogP contribution in [-0.4, -0.2) is 33.6 Å². The lowest BCUT2D eigenvalue weighted by molar-refractivity contribution is 0.0758. The molecule has 0 fully saturated rings. The van der Waals surface area contributed by atoms with Gasteiger partial charge in [0.05, 0.1) is 6.54 Å². The van der Waals surface area contributed by atoms with Crippen LogP contribution in [0.5, 0.6) is 0 Å². The van der Waals surface area contributed by atoms with Gasteiger partial charge in [0.15, 0.2) is 0 Å². The number of hydrogen-bond donors (Lipinski definition) is 1. The summed E-state index contributed by atoms with van der Waals surface area (Å²) in [6, 6.07) is 0. The summed E-state index contributed by atoms with van der Waals surface area (Å²) < 4.78 is 0. The molecule has 0 bridgehead atoms. The average molecular weight is 361 g/mol. The van der Waals surface area contributed by atoms with Crippen LogP contribution in [-0.2, 0) is 0 Å². The first kappa shape index (κ1) is 19.0. The highest BCUT2D eigenvalue weighted by atomic mass is 79.9. The molecule has 3 nitrogen and oxygen atoms in total. The second-order valence-electron chi connectivity index (χ2n) is 6.20. The van der Waals surface area contributed by atoms with Crippen molar-refractivity contribution in [1.29, 1.82) is 0 Å². The van der Waals surface area contributed by atoms with E-state index in [1.54, 1.807) is 0 Å². The van der Waals surface area contributed by atoms with Crippen molar-refractivity contribution >= 4 is 21.8 Å². The third-order valence-electron chi connectivity index (χ3n) is 4.17. The number of hydrogen-bond acceptors (Lipinski definition) is 3. The van der Waals surface area contributed by atoms with Crippen molar-refractivity contribution in [2.24, 2.45) is 4.99 Å². The summed E-state index contributed by atoms with van der Waals surface area (Å²) in [6.07, 6.45) is 14.2. The zero-order valence-corrected chi connectivity index (χ0v) is 15.4. The molecule has 1 heterocycles. The monoisotopic (exact) mass is 360 g/mol. The third kappa shape index (κ3) is 8.20. The maximum Gasteiger partial charge on any atom is 0.125 e. The van der Waals surface area contributed by atoms with Crippen molar-refractivity contribution < 1.29 is 5.11 Å². The van der Waals surface area contributed by atoms with E-state index in [2.05, 4.69) is 27.8 Å². The Kier molecular flexibility index (Phi) is 10.4. The topological polar surface area (TPSA) is 35.8 Å². The normalized spacial score (nSPS) is 19.9. The lowest BCUT2D eigenvalue weighted by atomic mass is 10.1. The Morgan fingerprint density at radius 2 is 1.62 bits per heavy atom. The fraction of sp³-hybridized carbons (Fsp3) is 0.941. The molecule has 124 valence electrons. The molecule has 1 rings (SSSR count). The zero-order valence-electron chi connectivity index (χ0n) is 13.9. The van der Waals surface area contributed by atoms with Gasteiger partial charge < -0.3 is 10.0 Å². The van der Waals surface area contributed by atoms with Gasteiger partial charge in [-0.05, 0) is 13.3 Å². The molecule has 0 aromatic heterocycles. The van der Waals surface area contributed by atoms with Crippen molar-refractivity contribution in [2.75, 3.05) is 6.54 Å². The number of rotatable bonds is 12. The van der Waals surface area contributed by atoms with Gasteiger partial charge in [-0.3, -0.25) is 4.99 Å². The van der Waals surface area contributed by atoms with Gasteiger partial charge in [-0.25, -0.2) is 0 Å². The molecule has 4 heteroatoms. The van der Waals surface area contributed by atoms with Crippen LogP contribution in [0.2, 0.25) is 0 Å². The summed E-state index contributed by atoms with van der Waals surface area (Å²) in [4.78, 5) is 6.73. The van der Waals surface area contributed by atoms with Crippen molar-refractivity contribution in [3.63, 3.8) is 0 Å². The molecular formula is C17H33BrN2O. The maximum absolute atomic E-state index is 9.73. The minimum atomic E-state index is -0.422. The van der Waals surface area contributed by atoms with Crippen LogP contribution in [0.25, 0.3) is 0 Å². The summed E-state index contributed by atoms with van der Waals surface area (Å²) in [5.74, 6) is 1.08. The van der Waals surface area contributed by atoms with Crippen LogP contribution in [0.3, 0.4) is 0 Å². The number of halogens is 1. The largest absolute Gasteiger partial charge is 0.374 e. The molecule has 0 amide bonds. The van der Waals surface area contributed by atoms with Gasteiger partial charge in [0, 0.05) is 6.42 Å². The number of alkyl halides is 1. The maximum atomic E-state index is 9.73. The van der Waals surface area contributed by atoms with E-state index in [0.717, 1.165) is 18.8 Å². The Morgan fingerprint density at radius 1 is 1.10 bits per heavy atom. The van der Waals surface area contributed by atoms with Crippen LogP contribution < -0.4 is 0 Å². The fourth-order valence-electron chi connectivity index (χ4n) is 2.89. The van der Waals surface area contributed by atoms with Crippen LogP contribution in [0.1, 0.15) is 84.5 Å². The van der Waals surface area contributed by atoms with E-state index in [-0.39, 0.29) is 4.95 Å². The SMILES string of the molecule is CCCCCCCCCCCCC1=NC(Br)CN1C(C)O. The Morgan fingerprint density at radius 3 is 2.14 bits per heavy atom. The second-order valence-corrected chi connectivity index (χ2v) is 7.25. The predicted molar refractivity (Wildman–Crippen MR) is 95.0 cm³/mol. The Labute approximate surface area is 139 Å². The van der Waals surface area contributed by atoms with Crippen molar-refractivity contribution in [3.8, 4) is 0 Å². The molecule has 0 spiro atoms. The van der Waals surface area contributed by atoms with Crippen molar-refractivity contribution in [3.05, 3.63) is 0 Å². The third-order valence-corrected chi connectivity index (χ3v) is 4.67. The van der Waals surface area contributed by atoms with Gasteiger partial charge in [-0.2, -0.15) is 0 Å². The lowest BCUT2D eigenvalue weighted by Gasteiger charge is -2.23. The Hall–Kier alpha value is -0.0900. The molecule has 0 aromatic rings. The van der Waals surface area contributed by atoms with Crippen LogP contribution in [0, 0.1) is 0 Å². The van der Waals surface area contributed by atoms with Gasteiger partial charge in [0.2, 0.25) is 0 Å². The number of nitrogens with zero attached hydrogens (tertiary/aromatic N) is 2. The zero-order chi connectivity index (χ0) is 15.5. The smallest absolute Gasteiger partial charge is 0.125 e. The molecule has 0 aliphatic carbocycles. The van der Waals surface area contributed by atoms with Crippen LogP contribution >= 0.6 is 15.9 Å². The highest BCUT2D eigenvalue weighted by Gasteiger charge is 2.25. The summed E-state index contributed by atoms with van der Waals surface area (Å²) in [5, 5.41) is 9.73.